The van der Waals surface area contributed by atoms with Crippen molar-refractivity contribution in [3.05, 3.63) is 0 Å². The number of rotatable bonds is 5. The maximum Gasteiger partial charge on any atom is 0.128 e. The van der Waals surface area contributed by atoms with Gasteiger partial charge in [0.15, 0.2) is 0 Å². The second kappa shape index (κ2) is 4.21. The van der Waals surface area contributed by atoms with E-state index in [9.17, 15) is 4.55 Å². The first-order chi connectivity index (χ1) is 4.79. The van der Waals surface area contributed by atoms with Crippen LogP contribution in [0.4, 0.5) is 0 Å². The zero-order valence-electron chi connectivity index (χ0n) is 6.34. The van der Waals surface area contributed by atoms with Crippen molar-refractivity contribution < 1.29 is 9.29 Å². The summed E-state index contributed by atoms with van der Waals surface area (Å²) >= 11 is -0.685. The lowest BCUT2D eigenvalue weighted by Gasteiger charge is -2.04. The van der Waals surface area contributed by atoms with Crippen LogP contribution < -0.4 is 0 Å². The molecule has 0 saturated heterocycles. The highest BCUT2D eigenvalue weighted by Gasteiger charge is 2.20. The van der Waals surface area contributed by atoms with Gasteiger partial charge in [-0.15, -0.1) is 0 Å². The Morgan fingerprint density at radius 3 is 2.80 bits per heavy atom. The zero-order chi connectivity index (χ0) is 7.40. The van der Waals surface area contributed by atoms with E-state index < -0.39 is 11.2 Å². The van der Waals surface area contributed by atoms with Crippen molar-refractivity contribution >= 4 is 11.2 Å². The highest BCUT2D eigenvalue weighted by molar-refractivity contribution is 7.90. The van der Waals surface area contributed by atoms with Gasteiger partial charge in [-0.25, -0.2) is 0 Å². The van der Waals surface area contributed by atoms with Gasteiger partial charge in [-0.3, -0.25) is 0 Å². The minimum absolute atomic E-state index is 0.666. The van der Waals surface area contributed by atoms with Crippen molar-refractivity contribution in [1.82, 2.24) is 0 Å². The molecule has 0 aromatic carbocycles. The van der Waals surface area contributed by atoms with Crippen molar-refractivity contribution in [1.29, 1.82) is 0 Å². The monoisotopic (exact) mass is 162 g/mol. The minimum atomic E-state index is -0.685. The molecule has 0 radical (unpaired) electrons. The largest absolute Gasteiger partial charge is 0.616 e. The van der Waals surface area contributed by atoms with Crippen LogP contribution in [0, 0.1) is 5.92 Å². The van der Waals surface area contributed by atoms with E-state index in [1.54, 1.807) is 6.26 Å². The highest BCUT2D eigenvalue weighted by Crippen LogP contribution is 2.28. The Balaban J connectivity index is 1.76. The quantitative estimate of drug-likeness (QED) is 0.442. The van der Waals surface area contributed by atoms with E-state index in [1.807, 2.05) is 0 Å². The highest BCUT2D eigenvalue weighted by atomic mass is 32.2. The van der Waals surface area contributed by atoms with Gasteiger partial charge in [-0.05, 0) is 18.8 Å². The standard InChI is InChI=1S/C7H14O2S/c1-10(8)5-4-9-6-7-2-3-7/h7H,2-6H2,1H3. The fourth-order valence-electron chi connectivity index (χ4n) is 0.711. The molecule has 1 fully saturated rings. The Morgan fingerprint density at radius 2 is 2.30 bits per heavy atom. The van der Waals surface area contributed by atoms with Crippen LogP contribution in [0.2, 0.25) is 0 Å². The molecule has 1 saturated carbocycles. The predicted molar refractivity (Wildman–Crippen MR) is 42.5 cm³/mol. The summed E-state index contributed by atoms with van der Waals surface area (Å²) in [5.74, 6) is 1.51. The molecule has 0 heterocycles. The van der Waals surface area contributed by atoms with Gasteiger partial charge in [-0.1, -0.05) is 11.2 Å². The van der Waals surface area contributed by atoms with E-state index in [1.165, 1.54) is 12.8 Å². The maximum absolute atomic E-state index is 10.5. The molecule has 0 aromatic rings. The van der Waals surface area contributed by atoms with Gasteiger partial charge in [-0.2, -0.15) is 0 Å². The lowest BCUT2D eigenvalue weighted by atomic mass is 10.5. The fourth-order valence-corrected chi connectivity index (χ4v) is 1.06. The van der Waals surface area contributed by atoms with Gasteiger partial charge < -0.3 is 9.29 Å². The van der Waals surface area contributed by atoms with Gasteiger partial charge in [0.1, 0.15) is 5.75 Å². The topological polar surface area (TPSA) is 32.3 Å². The first-order valence-corrected chi connectivity index (χ1v) is 5.39. The summed E-state index contributed by atoms with van der Waals surface area (Å²) in [6.07, 6.45) is 4.37. The van der Waals surface area contributed by atoms with Crippen LogP contribution in [0.3, 0.4) is 0 Å². The molecule has 1 aliphatic rings. The lowest BCUT2D eigenvalue weighted by Crippen LogP contribution is -2.11. The molecule has 0 N–H and O–H groups in total. The Morgan fingerprint density at radius 1 is 1.60 bits per heavy atom. The molecule has 2 nitrogen and oxygen atoms in total. The Kier molecular flexibility index (Phi) is 3.52. The van der Waals surface area contributed by atoms with E-state index >= 15 is 0 Å². The minimum Gasteiger partial charge on any atom is -0.616 e. The van der Waals surface area contributed by atoms with Crippen molar-refractivity contribution in [3.8, 4) is 0 Å². The third-order valence-electron chi connectivity index (χ3n) is 1.57. The summed E-state index contributed by atoms with van der Waals surface area (Å²) in [6.45, 7) is 1.55. The van der Waals surface area contributed by atoms with Crippen LogP contribution in [0.1, 0.15) is 12.8 Å². The van der Waals surface area contributed by atoms with Gasteiger partial charge in [0.25, 0.3) is 0 Å². The third kappa shape index (κ3) is 4.14. The zero-order valence-corrected chi connectivity index (χ0v) is 7.15. The van der Waals surface area contributed by atoms with Crippen LogP contribution >= 0.6 is 0 Å². The first kappa shape index (κ1) is 8.37. The second-order valence-corrected chi connectivity index (χ2v) is 4.35. The average Bonchev–Trinajstić information content (AvgIpc) is 2.62. The third-order valence-corrected chi connectivity index (χ3v) is 2.31. The van der Waals surface area contributed by atoms with Gasteiger partial charge in [0.05, 0.1) is 12.9 Å². The van der Waals surface area contributed by atoms with Gasteiger partial charge >= 0.3 is 0 Å². The summed E-state index contributed by atoms with van der Waals surface area (Å²) < 4.78 is 15.8. The molecule has 0 aromatic heterocycles. The Bertz CT molecular complexity index is 87.6. The molecular weight excluding hydrogens is 148 g/mol. The normalized spacial score (nSPS) is 21.0. The molecule has 0 bridgehead atoms. The summed E-state index contributed by atoms with van der Waals surface area (Å²) in [7, 11) is 0. The first-order valence-electron chi connectivity index (χ1n) is 3.67. The summed E-state index contributed by atoms with van der Waals surface area (Å²) in [5, 5.41) is 0. The molecule has 60 valence electrons. The van der Waals surface area contributed by atoms with Crippen molar-refractivity contribution in [3.63, 3.8) is 0 Å². The summed E-state index contributed by atoms with van der Waals surface area (Å²) in [4.78, 5) is 0. The van der Waals surface area contributed by atoms with Crippen LogP contribution in [-0.4, -0.2) is 29.8 Å². The summed E-state index contributed by atoms with van der Waals surface area (Å²) in [5.41, 5.74) is 0. The lowest BCUT2D eigenvalue weighted by molar-refractivity contribution is 0.138. The SMILES string of the molecule is C[S+]([O-])CCOCC1CC1. The van der Waals surface area contributed by atoms with E-state index in [4.69, 9.17) is 4.74 Å². The maximum atomic E-state index is 10.5. The van der Waals surface area contributed by atoms with Crippen molar-refractivity contribution in [2.45, 2.75) is 12.8 Å². The number of hydrogen-bond donors (Lipinski definition) is 0. The molecule has 1 rings (SSSR count). The van der Waals surface area contributed by atoms with Crippen LogP contribution in [0.15, 0.2) is 0 Å². The van der Waals surface area contributed by atoms with E-state index in [0.717, 1.165) is 12.5 Å². The molecule has 1 atom stereocenters. The Labute approximate surface area is 65.1 Å². The van der Waals surface area contributed by atoms with Crippen LogP contribution in [0.25, 0.3) is 0 Å². The van der Waals surface area contributed by atoms with Crippen LogP contribution in [0.5, 0.6) is 0 Å². The fraction of sp³-hybridized carbons (Fsp3) is 1.00. The van der Waals surface area contributed by atoms with Crippen molar-refractivity contribution in [2.75, 3.05) is 25.2 Å². The van der Waals surface area contributed by atoms with Gasteiger partial charge in [0, 0.05) is 6.61 Å². The van der Waals surface area contributed by atoms with E-state index in [2.05, 4.69) is 0 Å². The smallest absolute Gasteiger partial charge is 0.128 e. The molecule has 3 heteroatoms. The average molecular weight is 162 g/mol. The molecule has 10 heavy (non-hydrogen) atoms. The Hall–Kier alpha value is 0.270. The second-order valence-electron chi connectivity index (χ2n) is 2.80. The molecule has 1 unspecified atom stereocenters. The molecular formula is C7H14O2S. The van der Waals surface area contributed by atoms with Crippen LogP contribution in [-0.2, 0) is 15.9 Å². The van der Waals surface area contributed by atoms with E-state index in [0.29, 0.717) is 12.4 Å². The molecule has 0 amide bonds. The molecule has 0 aliphatic heterocycles. The van der Waals surface area contributed by atoms with Crippen molar-refractivity contribution in [2.24, 2.45) is 5.92 Å². The van der Waals surface area contributed by atoms with Gasteiger partial charge in [0.2, 0.25) is 0 Å². The summed E-state index contributed by atoms with van der Waals surface area (Å²) in [6, 6.07) is 0. The number of ether oxygens (including phenoxy) is 1. The van der Waals surface area contributed by atoms with E-state index in [-0.39, 0.29) is 0 Å². The number of hydrogen-bond acceptors (Lipinski definition) is 2. The molecule has 0 spiro atoms. The predicted octanol–water partition coefficient (Wildman–Crippen LogP) is 0.792. The molecule has 1 aliphatic carbocycles.